The minimum absolute atomic E-state index is 0.0946. The van der Waals surface area contributed by atoms with Gasteiger partial charge in [-0.05, 0) is 20.3 Å². The topological polar surface area (TPSA) is 66.6 Å². The molecule has 0 saturated carbocycles. The van der Waals surface area contributed by atoms with Crippen molar-refractivity contribution in [1.82, 2.24) is 10.1 Å². The molecule has 0 radical (unpaired) electrons. The largest absolute Gasteiger partial charge is 0.391 e. The third-order valence-corrected chi connectivity index (χ3v) is 2.70. The highest BCUT2D eigenvalue weighted by Gasteiger charge is 2.28. The van der Waals surface area contributed by atoms with Gasteiger partial charge in [0, 0.05) is 13.1 Å². The molecular formula is C10H14N2O3. The van der Waals surface area contributed by atoms with Gasteiger partial charge in [0.2, 0.25) is 0 Å². The van der Waals surface area contributed by atoms with Gasteiger partial charge in [0.1, 0.15) is 11.3 Å². The molecule has 82 valence electrons. The van der Waals surface area contributed by atoms with E-state index in [1.165, 1.54) is 0 Å². The number of hydrogen-bond acceptors (Lipinski definition) is 4. The molecule has 1 atom stereocenters. The first-order valence-corrected chi connectivity index (χ1v) is 5.00. The fraction of sp³-hybridized carbons (Fsp3) is 0.600. The lowest BCUT2D eigenvalue weighted by Gasteiger charge is -2.14. The number of nitrogens with zero attached hydrogens (tertiary/aromatic N) is 2. The average molecular weight is 210 g/mol. The van der Waals surface area contributed by atoms with E-state index < -0.39 is 6.10 Å². The Bertz CT molecular complexity index is 367. The van der Waals surface area contributed by atoms with Gasteiger partial charge in [-0.3, -0.25) is 4.79 Å². The molecule has 1 N–H and O–H groups in total. The second-order valence-electron chi connectivity index (χ2n) is 3.89. The molecule has 1 fully saturated rings. The Hall–Kier alpha value is -1.36. The molecule has 1 saturated heterocycles. The molecule has 1 aromatic rings. The van der Waals surface area contributed by atoms with Crippen LogP contribution in [-0.2, 0) is 0 Å². The van der Waals surface area contributed by atoms with Gasteiger partial charge in [-0.2, -0.15) is 0 Å². The molecule has 1 aromatic heterocycles. The van der Waals surface area contributed by atoms with Crippen LogP contribution in [0.2, 0.25) is 0 Å². The van der Waals surface area contributed by atoms with Crippen molar-refractivity contribution in [3.8, 4) is 0 Å². The zero-order chi connectivity index (χ0) is 11.0. The average Bonchev–Trinajstić information content (AvgIpc) is 2.73. The lowest BCUT2D eigenvalue weighted by molar-refractivity contribution is 0.0762. The highest BCUT2D eigenvalue weighted by Crippen LogP contribution is 2.18. The number of aromatic nitrogens is 1. The summed E-state index contributed by atoms with van der Waals surface area (Å²) in [6, 6.07) is 0. The summed E-state index contributed by atoms with van der Waals surface area (Å²) in [6.07, 6.45) is 0.254. The van der Waals surface area contributed by atoms with Gasteiger partial charge < -0.3 is 14.5 Å². The van der Waals surface area contributed by atoms with Crippen LogP contribution in [0.5, 0.6) is 0 Å². The quantitative estimate of drug-likeness (QED) is 0.733. The number of rotatable bonds is 1. The van der Waals surface area contributed by atoms with E-state index in [0.717, 1.165) is 0 Å². The molecule has 0 bridgehead atoms. The van der Waals surface area contributed by atoms with E-state index >= 15 is 0 Å². The molecule has 1 aliphatic heterocycles. The number of carbonyl (C=O) groups excluding carboxylic acids is 1. The summed E-state index contributed by atoms with van der Waals surface area (Å²) >= 11 is 0. The maximum absolute atomic E-state index is 12.0. The Balaban J connectivity index is 2.21. The summed E-state index contributed by atoms with van der Waals surface area (Å²) in [4.78, 5) is 13.6. The Kier molecular flexibility index (Phi) is 2.48. The molecule has 0 unspecified atom stereocenters. The summed E-state index contributed by atoms with van der Waals surface area (Å²) in [5.41, 5.74) is 1.14. The molecule has 15 heavy (non-hydrogen) atoms. The van der Waals surface area contributed by atoms with Gasteiger partial charge in [-0.25, -0.2) is 0 Å². The van der Waals surface area contributed by atoms with Crippen molar-refractivity contribution in [1.29, 1.82) is 0 Å². The number of amides is 1. The first-order valence-electron chi connectivity index (χ1n) is 5.00. The molecule has 2 heterocycles. The predicted octanol–water partition coefficient (Wildman–Crippen LogP) is 0.498. The second kappa shape index (κ2) is 3.66. The van der Waals surface area contributed by atoms with E-state index in [4.69, 9.17) is 4.52 Å². The van der Waals surface area contributed by atoms with E-state index in [1.54, 1.807) is 18.7 Å². The molecular weight excluding hydrogens is 196 g/mol. The van der Waals surface area contributed by atoms with Crippen LogP contribution in [0.25, 0.3) is 0 Å². The van der Waals surface area contributed by atoms with Crippen molar-refractivity contribution in [2.45, 2.75) is 26.4 Å². The molecule has 1 aliphatic rings. The summed E-state index contributed by atoms with van der Waals surface area (Å²) in [7, 11) is 0. The first-order chi connectivity index (χ1) is 7.09. The van der Waals surface area contributed by atoms with Gasteiger partial charge in [0.15, 0.2) is 0 Å². The number of aryl methyl sites for hydroxylation is 2. The zero-order valence-electron chi connectivity index (χ0n) is 8.86. The molecule has 5 heteroatoms. The number of carbonyl (C=O) groups is 1. The monoisotopic (exact) mass is 210 g/mol. The molecule has 2 rings (SSSR count). The van der Waals surface area contributed by atoms with Crippen LogP contribution in [0.1, 0.15) is 28.2 Å². The van der Waals surface area contributed by atoms with Crippen LogP contribution in [0.15, 0.2) is 4.52 Å². The minimum Gasteiger partial charge on any atom is -0.391 e. The Morgan fingerprint density at radius 3 is 2.80 bits per heavy atom. The number of aliphatic hydroxyl groups excluding tert-OH is 1. The highest BCUT2D eigenvalue weighted by atomic mass is 16.5. The van der Waals surface area contributed by atoms with Crippen molar-refractivity contribution in [2.24, 2.45) is 0 Å². The van der Waals surface area contributed by atoms with Crippen molar-refractivity contribution in [3.63, 3.8) is 0 Å². The number of aliphatic hydroxyl groups is 1. The van der Waals surface area contributed by atoms with Gasteiger partial charge in [-0.15, -0.1) is 0 Å². The molecule has 0 spiro atoms. The van der Waals surface area contributed by atoms with Crippen molar-refractivity contribution < 1.29 is 14.4 Å². The van der Waals surface area contributed by atoms with E-state index in [9.17, 15) is 9.90 Å². The fourth-order valence-electron chi connectivity index (χ4n) is 1.87. The van der Waals surface area contributed by atoms with E-state index in [1.807, 2.05) is 0 Å². The predicted molar refractivity (Wildman–Crippen MR) is 52.5 cm³/mol. The smallest absolute Gasteiger partial charge is 0.259 e. The maximum Gasteiger partial charge on any atom is 0.259 e. The van der Waals surface area contributed by atoms with Crippen LogP contribution in [0.3, 0.4) is 0 Å². The normalized spacial score (nSPS) is 21.0. The van der Waals surface area contributed by atoms with Crippen LogP contribution < -0.4 is 0 Å². The Labute approximate surface area is 87.7 Å². The van der Waals surface area contributed by atoms with Crippen LogP contribution in [-0.4, -0.2) is 40.3 Å². The SMILES string of the molecule is Cc1noc(C)c1C(=O)N1CC[C@@H](O)C1. The van der Waals surface area contributed by atoms with Gasteiger partial charge in [0.25, 0.3) is 5.91 Å². The second-order valence-corrected chi connectivity index (χ2v) is 3.89. The van der Waals surface area contributed by atoms with Crippen LogP contribution in [0, 0.1) is 13.8 Å². The number of likely N-dealkylation sites (tertiary alicyclic amines) is 1. The first kappa shape index (κ1) is 10.2. The van der Waals surface area contributed by atoms with Gasteiger partial charge >= 0.3 is 0 Å². The Morgan fingerprint density at radius 1 is 1.60 bits per heavy atom. The summed E-state index contributed by atoms with van der Waals surface area (Å²) in [5, 5.41) is 13.1. The molecule has 0 aromatic carbocycles. The number of hydrogen-bond donors (Lipinski definition) is 1. The van der Waals surface area contributed by atoms with E-state index in [2.05, 4.69) is 5.16 Å². The van der Waals surface area contributed by atoms with Crippen LogP contribution in [0.4, 0.5) is 0 Å². The third-order valence-electron chi connectivity index (χ3n) is 2.70. The van der Waals surface area contributed by atoms with Crippen LogP contribution >= 0.6 is 0 Å². The third kappa shape index (κ3) is 1.74. The highest BCUT2D eigenvalue weighted by molar-refractivity contribution is 5.96. The van der Waals surface area contributed by atoms with Crippen molar-refractivity contribution >= 4 is 5.91 Å². The van der Waals surface area contributed by atoms with Crippen molar-refractivity contribution in [2.75, 3.05) is 13.1 Å². The zero-order valence-corrected chi connectivity index (χ0v) is 8.86. The number of β-amino-alcohol motifs (C(OH)–C–C–N with tert-alkyl or cyclic N) is 1. The summed E-state index contributed by atoms with van der Waals surface area (Å²) in [5.74, 6) is 0.446. The standard InChI is InChI=1S/C10H14N2O3/c1-6-9(7(2)15-11-6)10(14)12-4-3-8(13)5-12/h8,13H,3-5H2,1-2H3/t8-/m1/s1. The van der Waals surface area contributed by atoms with Crippen molar-refractivity contribution in [3.05, 3.63) is 17.0 Å². The lowest BCUT2D eigenvalue weighted by Crippen LogP contribution is -2.30. The van der Waals surface area contributed by atoms with E-state index in [0.29, 0.717) is 36.5 Å². The summed E-state index contributed by atoms with van der Waals surface area (Å²) < 4.78 is 4.94. The molecule has 1 amide bonds. The molecule has 0 aliphatic carbocycles. The minimum atomic E-state index is -0.394. The van der Waals surface area contributed by atoms with Gasteiger partial charge in [-0.1, -0.05) is 5.16 Å². The molecule has 5 nitrogen and oxygen atoms in total. The summed E-state index contributed by atoms with van der Waals surface area (Å²) in [6.45, 7) is 4.48. The van der Waals surface area contributed by atoms with E-state index in [-0.39, 0.29) is 5.91 Å². The Morgan fingerprint density at radius 2 is 2.33 bits per heavy atom. The lowest BCUT2D eigenvalue weighted by atomic mass is 10.2. The fourth-order valence-corrected chi connectivity index (χ4v) is 1.87. The van der Waals surface area contributed by atoms with Gasteiger partial charge in [0.05, 0.1) is 11.8 Å². The maximum atomic E-state index is 12.0.